The van der Waals surface area contributed by atoms with Gasteiger partial charge in [0.05, 0.1) is 13.2 Å². The van der Waals surface area contributed by atoms with E-state index < -0.39 is 15.9 Å². The third kappa shape index (κ3) is 8.14. The molecular formula is C8H19AlO6. The van der Waals surface area contributed by atoms with Crippen molar-refractivity contribution in [2.75, 3.05) is 41.7 Å². The molecule has 0 unspecified atom stereocenters. The first-order chi connectivity index (χ1) is 7.28. The predicted molar refractivity (Wildman–Crippen MR) is 54.7 cm³/mol. The van der Waals surface area contributed by atoms with Crippen LogP contribution in [-0.2, 0) is 26.5 Å². The number of ether oxygens (including phenoxy) is 4. The molecule has 0 aromatic rings. The van der Waals surface area contributed by atoms with Gasteiger partial charge in [-0.1, -0.05) is 0 Å². The van der Waals surface area contributed by atoms with E-state index in [2.05, 4.69) is 0 Å². The van der Waals surface area contributed by atoms with Crippen molar-refractivity contribution in [3.63, 3.8) is 0 Å². The minimum Gasteiger partial charge on any atom is -0.477 e. The van der Waals surface area contributed by atoms with E-state index in [1.165, 1.54) is 0 Å². The molecule has 0 fully saturated rings. The standard InChI is InChI=1S/2C4H9O3.Al.H/c2*1-6-4(3-5)7-2;;/h2*4H,3H2,1-2H3;;/q2*-1;+2;. The molecule has 15 heavy (non-hydrogen) atoms. The Balaban J connectivity index is 3.30. The van der Waals surface area contributed by atoms with Crippen LogP contribution in [0.15, 0.2) is 0 Å². The zero-order valence-corrected chi connectivity index (χ0v) is 11.1. The molecule has 0 amide bonds. The Morgan fingerprint density at radius 1 is 0.733 bits per heavy atom. The molecule has 0 aromatic heterocycles. The lowest BCUT2D eigenvalue weighted by molar-refractivity contribution is -0.133. The molecule has 0 saturated heterocycles. The molecule has 0 aliphatic carbocycles. The smallest absolute Gasteiger partial charge is 0.477 e. The van der Waals surface area contributed by atoms with E-state index in [4.69, 9.17) is 26.5 Å². The molecule has 0 radical (unpaired) electrons. The van der Waals surface area contributed by atoms with Crippen LogP contribution in [0.25, 0.3) is 0 Å². The highest BCUT2D eigenvalue weighted by Crippen LogP contribution is 1.93. The van der Waals surface area contributed by atoms with E-state index in [0.29, 0.717) is 13.2 Å². The molecule has 0 bridgehead atoms. The lowest BCUT2D eigenvalue weighted by Crippen LogP contribution is -2.25. The normalized spacial score (nSPS) is 11.3. The van der Waals surface area contributed by atoms with E-state index in [0.717, 1.165) is 0 Å². The lowest BCUT2D eigenvalue weighted by Gasteiger charge is -2.15. The molecule has 0 atom stereocenters. The van der Waals surface area contributed by atoms with Gasteiger partial charge in [-0.3, -0.25) is 0 Å². The monoisotopic (exact) mass is 238 g/mol. The van der Waals surface area contributed by atoms with Crippen LogP contribution in [0, 0.1) is 0 Å². The van der Waals surface area contributed by atoms with Crippen LogP contribution < -0.4 is 0 Å². The molecule has 0 rings (SSSR count). The molecule has 6 nitrogen and oxygen atoms in total. The maximum Gasteiger partial charge on any atom is 0.649 e. The van der Waals surface area contributed by atoms with Crippen LogP contribution in [0.4, 0.5) is 0 Å². The van der Waals surface area contributed by atoms with Crippen LogP contribution >= 0.6 is 0 Å². The van der Waals surface area contributed by atoms with Gasteiger partial charge in [-0.2, -0.15) is 0 Å². The van der Waals surface area contributed by atoms with Crippen molar-refractivity contribution in [1.82, 2.24) is 0 Å². The highest BCUT2D eigenvalue weighted by atomic mass is 27.2. The fourth-order valence-electron chi connectivity index (χ4n) is 0.812. The first-order valence-corrected chi connectivity index (χ1v) is 5.70. The molecule has 0 aliphatic rings. The van der Waals surface area contributed by atoms with Crippen molar-refractivity contribution in [3.8, 4) is 0 Å². The SMILES string of the molecule is COC(C[O][AlH][O]CC(OC)OC)OC. The molecule has 0 heterocycles. The molecular weight excluding hydrogens is 219 g/mol. The zero-order chi connectivity index (χ0) is 11.5. The predicted octanol–water partition coefficient (Wildman–Crippen LogP) is -0.476. The van der Waals surface area contributed by atoms with E-state index >= 15 is 0 Å². The minimum absolute atomic E-state index is 0.332. The van der Waals surface area contributed by atoms with Gasteiger partial charge in [0, 0.05) is 28.4 Å². The van der Waals surface area contributed by atoms with Crippen molar-refractivity contribution in [1.29, 1.82) is 0 Å². The summed E-state index contributed by atoms with van der Waals surface area (Å²) in [6.07, 6.45) is -0.663. The van der Waals surface area contributed by atoms with Gasteiger partial charge in [0.1, 0.15) is 0 Å². The lowest BCUT2D eigenvalue weighted by atomic mass is 10.7. The summed E-state index contributed by atoms with van der Waals surface area (Å²) in [6.45, 7) is 0.758. The second-order valence-corrected chi connectivity index (χ2v) is 3.71. The maximum absolute atomic E-state index is 5.27. The molecule has 0 N–H and O–H groups in total. The summed E-state index contributed by atoms with van der Waals surface area (Å²) in [5, 5.41) is 0. The first-order valence-electron chi connectivity index (χ1n) is 4.55. The third-order valence-electron chi connectivity index (χ3n) is 1.73. The fraction of sp³-hybridized carbons (Fsp3) is 1.00. The first kappa shape index (κ1) is 15.3. The Labute approximate surface area is 97.1 Å². The number of hydrogen-bond donors (Lipinski definition) is 0. The fourth-order valence-corrected chi connectivity index (χ4v) is 1.51. The van der Waals surface area contributed by atoms with Crippen LogP contribution in [-0.4, -0.2) is 70.1 Å². The van der Waals surface area contributed by atoms with E-state index in [1.807, 2.05) is 0 Å². The molecule has 7 heteroatoms. The Kier molecular flexibility index (Phi) is 11.0. The van der Waals surface area contributed by atoms with Crippen molar-refractivity contribution in [2.45, 2.75) is 12.6 Å². The van der Waals surface area contributed by atoms with Gasteiger partial charge >= 0.3 is 15.9 Å². The molecule has 0 saturated carbocycles. The Morgan fingerprint density at radius 3 is 1.33 bits per heavy atom. The maximum atomic E-state index is 5.27. The van der Waals surface area contributed by atoms with Gasteiger partial charge in [0.2, 0.25) is 0 Å². The Hall–Kier alpha value is 0.292. The van der Waals surface area contributed by atoms with Crippen molar-refractivity contribution in [2.24, 2.45) is 0 Å². The zero-order valence-electron chi connectivity index (χ0n) is 9.73. The molecule has 90 valence electrons. The van der Waals surface area contributed by atoms with E-state index in [-0.39, 0.29) is 12.6 Å². The van der Waals surface area contributed by atoms with Crippen LogP contribution in [0.1, 0.15) is 0 Å². The van der Waals surface area contributed by atoms with Crippen LogP contribution in [0.3, 0.4) is 0 Å². The average molecular weight is 238 g/mol. The number of hydrogen-bond acceptors (Lipinski definition) is 6. The van der Waals surface area contributed by atoms with Crippen molar-refractivity contribution >= 4 is 15.9 Å². The average Bonchev–Trinajstić information content (AvgIpc) is 2.29. The molecule has 0 aromatic carbocycles. The van der Waals surface area contributed by atoms with Crippen molar-refractivity contribution < 1.29 is 26.5 Å². The second-order valence-electron chi connectivity index (χ2n) is 2.66. The number of rotatable bonds is 10. The summed E-state index contributed by atoms with van der Waals surface area (Å²) in [4.78, 5) is 0. The Morgan fingerprint density at radius 2 is 1.07 bits per heavy atom. The van der Waals surface area contributed by atoms with Gasteiger partial charge < -0.3 is 26.5 Å². The minimum atomic E-state index is -1.03. The summed E-state index contributed by atoms with van der Waals surface area (Å²) in [6, 6.07) is 0. The van der Waals surface area contributed by atoms with Gasteiger partial charge in [-0.05, 0) is 0 Å². The number of methoxy groups -OCH3 is 4. The third-order valence-corrected chi connectivity index (χ3v) is 2.53. The largest absolute Gasteiger partial charge is 0.649 e. The van der Waals surface area contributed by atoms with Crippen molar-refractivity contribution in [3.05, 3.63) is 0 Å². The highest BCUT2D eigenvalue weighted by molar-refractivity contribution is 6.17. The quantitative estimate of drug-likeness (QED) is 0.291. The molecule has 0 spiro atoms. The summed E-state index contributed by atoms with van der Waals surface area (Å²) < 4.78 is 30.3. The highest BCUT2D eigenvalue weighted by Gasteiger charge is 2.09. The summed E-state index contributed by atoms with van der Waals surface area (Å²) in [5.74, 6) is 0. The molecule has 0 aliphatic heterocycles. The van der Waals surface area contributed by atoms with E-state index in [9.17, 15) is 0 Å². The van der Waals surface area contributed by atoms with Gasteiger partial charge in [-0.15, -0.1) is 0 Å². The Bertz CT molecular complexity index is 114. The van der Waals surface area contributed by atoms with Crippen LogP contribution in [0.5, 0.6) is 0 Å². The second kappa shape index (κ2) is 10.8. The topological polar surface area (TPSA) is 55.4 Å². The summed E-state index contributed by atoms with van der Waals surface area (Å²) in [7, 11) is 6.25. The van der Waals surface area contributed by atoms with Gasteiger partial charge in [0.15, 0.2) is 12.6 Å². The van der Waals surface area contributed by atoms with E-state index in [1.54, 1.807) is 28.4 Å². The van der Waals surface area contributed by atoms with Gasteiger partial charge in [-0.25, -0.2) is 0 Å². The summed E-state index contributed by atoms with van der Waals surface area (Å²) in [5.41, 5.74) is 0. The summed E-state index contributed by atoms with van der Waals surface area (Å²) >= 11 is -1.03. The van der Waals surface area contributed by atoms with Gasteiger partial charge in [0.25, 0.3) is 0 Å². The van der Waals surface area contributed by atoms with Crippen LogP contribution in [0.2, 0.25) is 0 Å².